The Labute approximate surface area is 213 Å². The van der Waals surface area contributed by atoms with Crippen molar-refractivity contribution in [2.24, 2.45) is 0 Å². The van der Waals surface area contributed by atoms with E-state index in [0.29, 0.717) is 19.3 Å². The van der Waals surface area contributed by atoms with Crippen LogP contribution in [0.4, 0.5) is 0 Å². The normalized spacial score (nSPS) is 11.8. The molecule has 0 radical (unpaired) electrons. The van der Waals surface area contributed by atoms with E-state index in [9.17, 15) is 14.4 Å². The minimum Gasteiger partial charge on any atom is -0.481 e. The summed E-state index contributed by atoms with van der Waals surface area (Å²) in [5, 5.41) is 27.0. The van der Waals surface area contributed by atoms with E-state index < -0.39 is 17.9 Å². The lowest BCUT2D eigenvalue weighted by atomic mass is 10.1. The van der Waals surface area contributed by atoms with Crippen LogP contribution < -0.4 is 0 Å². The number of rotatable bonds is 26. The number of hydrogen-bond acceptors (Lipinski definition) is 3. The van der Waals surface area contributed by atoms with E-state index in [1.807, 2.05) is 0 Å². The second-order valence-electron chi connectivity index (χ2n) is 9.96. The maximum Gasteiger partial charge on any atom is 0.303 e. The maximum absolute atomic E-state index is 10.9. The third-order valence-corrected chi connectivity index (χ3v) is 6.71. The first kappa shape index (κ1) is 33.1. The van der Waals surface area contributed by atoms with Crippen LogP contribution in [0.5, 0.6) is 0 Å². The average molecular weight is 499 g/mol. The largest absolute Gasteiger partial charge is 0.481 e. The molecule has 0 unspecified atom stereocenters. The molecule has 0 aromatic carbocycles. The number of nitrogens with zero attached hydrogens (tertiary/aromatic N) is 1. The van der Waals surface area contributed by atoms with Gasteiger partial charge in [0.25, 0.3) is 0 Å². The van der Waals surface area contributed by atoms with Crippen LogP contribution in [-0.2, 0) is 14.4 Å². The van der Waals surface area contributed by atoms with Gasteiger partial charge in [0.2, 0.25) is 0 Å². The van der Waals surface area contributed by atoms with Gasteiger partial charge in [-0.1, -0.05) is 44.8 Å². The van der Waals surface area contributed by atoms with Crippen molar-refractivity contribution < 1.29 is 34.2 Å². The van der Waals surface area contributed by atoms with E-state index in [1.165, 1.54) is 32.1 Å². The number of carboxylic acids is 3. The molecule has 0 aromatic heterocycles. The fraction of sp³-hybridized carbons (Fsp3) is 0.821. The fourth-order valence-corrected chi connectivity index (χ4v) is 4.65. The molecule has 0 spiro atoms. The van der Waals surface area contributed by atoms with E-state index in [4.69, 9.17) is 15.3 Å². The molecular formula is C28H52NO6+. The highest BCUT2D eigenvalue weighted by Crippen LogP contribution is 2.19. The van der Waals surface area contributed by atoms with Crippen molar-refractivity contribution in [1.82, 2.24) is 0 Å². The van der Waals surface area contributed by atoms with E-state index in [1.54, 1.807) is 0 Å². The fourth-order valence-electron chi connectivity index (χ4n) is 4.65. The van der Waals surface area contributed by atoms with E-state index in [0.717, 1.165) is 75.6 Å². The smallest absolute Gasteiger partial charge is 0.303 e. The maximum atomic E-state index is 10.9. The lowest BCUT2D eigenvalue weighted by Crippen LogP contribution is -2.51. The summed E-state index contributed by atoms with van der Waals surface area (Å²) in [5.74, 6) is -2.32. The molecule has 0 aliphatic rings. The predicted octanol–water partition coefficient (Wildman–Crippen LogP) is 6.65. The van der Waals surface area contributed by atoms with Crippen molar-refractivity contribution in [3.63, 3.8) is 0 Å². The second-order valence-corrected chi connectivity index (χ2v) is 9.96. The molecule has 0 fully saturated rings. The molecule has 0 aliphatic heterocycles. The highest BCUT2D eigenvalue weighted by Gasteiger charge is 2.26. The number of allylic oxidation sites excluding steroid dienone is 2. The Kier molecular flexibility index (Phi) is 21.3. The molecule has 7 heteroatoms. The molecular weight excluding hydrogens is 446 g/mol. The summed E-state index contributed by atoms with van der Waals surface area (Å²) >= 11 is 0. The van der Waals surface area contributed by atoms with Gasteiger partial charge >= 0.3 is 17.9 Å². The van der Waals surface area contributed by atoms with Crippen LogP contribution in [-0.4, -0.2) is 63.9 Å². The number of aliphatic carboxylic acids is 3. The quantitative estimate of drug-likeness (QED) is 0.0699. The van der Waals surface area contributed by atoms with Crippen LogP contribution in [0.2, 0.25) is 0 Å². The molecule has 204 valence electrons. The van der Waals surface area contributed by atoms with Crippen molar-refractivity contribution in [1.29, 1.82) is 0 Å². The van der Waals surface area contributed by atoms with Gasteiger partial charge in [-0.3, -0.25) is 14.4 Å². The van der Waals surface area contributed by atoms with Gasteiger partial charge in [-0.2, -0.15) is 0 Å². The molecule has 0 saturated carbocycles. The van der Waals surface area contributed by atoms with Gasteiger partial charge in [-0.15, -0.1) is 0 Å². The van der Waals surface area contributed by atoms with Crippen molar-refractivity contribution in [2.75, 3.05) is 26.2 Å². The Bertz CT molecular complexity index is 535. The minimum atomic E-state index is -0.775. The van der Waals surface area contributed by atoms with Crippen molar-refractivity contribution in [2.45, 2.75) is 122 Å². The number of quaternary nitrogens is 1. The van der Waals surface area contributed by atoms with Crippen LogP contribution in [0, 0.1) is 0 Å². The van der Waals surface area contributed by atoms with Crippen molar-refractivity contribution in [3.05, 3.63) is 12.2 Å². The van der Waals surface area contributed by atoms with E-state index in [-0.39, 0.29) is 19.3 Å². The van der Waals surface area contributed by atoms with Gasteiger partial charge < -0.3 is 19.8 Å². The van der Waals surface area contributed by atoms with Gasteiger partial charge in [0.05, 0.1) is 26.2 Å². The van der Waals surface area contributed by atoms with E-state index in [2.05, 4.69) is 19.1 Å². The van der Waals surface area contributed by atoms with Crippen LogP contribution in [0.1, 0.15) is 122 Å². The number of hydrogen-bond donors (Lipinski definition) is 3. The van der Waals surface area contributed by atoms with Gasteiger partial charge in [0.1, 0.15) is 0 Å². The SMILES string of the molecule is CCCCCCC/C=C/CCCC[N+](CCCCC(=O)O)(CCCCC(=O)O)CCCCC(=O)O. The number of unbranched alkanes of at least 4 members (excludes halogenated alkanes) is 10. The molecule has 0 aromatic rings. The lowest BCUT2D eigenvalue weighted by molar-refractivity contribution is -0.929. The van der Waals surface area contributed by atoms with Crippen LogP contribution in [0.15, 0.2) is 12.2 Å². The Morgan fingerprint density at radius 2 is 0.857 bits per heavy atom. The minimum absolute atomic E-state index is 0.168. The highest BCUT2D eigenvalue weighted by atomic mass is 16.4. The summed E-state index contributed by atoms with van der Waals surface area (Å²) < 4.78 is 0.847. The molecule has 0 rings (SSSR count). The summed E-state index contributed by atoms with van der Waals surface area (Å²) in [5.41, 5.74) is 0. The third kappa shape index (κ3) is 22.3. The molecule has 3 N–H and O–H groups in total. The molecule has 35 heavy (non-hydrogen) atoms. The predicted molar refractivity (Wildman–Crippen MR) is 141 cm³/mol. The van der Waals surface area contributed by atoms with Crippen LogP contribution in [0.25, 0.3) is 0 Å². The van der Waals surface area contributed by atoms with Crippen molar-refractivity contribution in [3.8, 4) is 0 Å². The second kappa shape index (κ2) is 22.6. The van der Waals surface area contributed by atoms with Crippen LogP contribution >= 0.6 is 0 Å². The highest BCUT2D eigenvalue weighted by molar-refractivity contribution is 5.67. The van der Waals surface area contributed by atoms with Gasteiger partial charge in [-0.25, -0.2) is 0 Å². The Hall–Kier alpha value is -1.89. The molecule has 0 atom stereocenters. The lowest BCUT2D eigenvalue weighted by Gasteiger charge is -2.39. The summed E-state index contributed by atoms with van der Waals surface area (Å²) in [6, 6.07) is 0. The molecule has 7 nitrogen and oxygen atoms in total. The van der Waals surface area contributed by atoms with E-state index >= 15 is 0 Å². The van der Waals surface area contributed by atoms with Gasteiger partial charge in [-0.05, 0) is 70.6 Å². The van der Waals surface area contributed by atoms with Gasteiger partial charge in [0.15, 0.2) is 0 Å². The van der Waals surface area contributed by atoms with Crippen LogP contribution in [0.3, 0.4) is 0 Å². The summed E-state index contributed by atoms with van der Waals surface area (Å²) in [4.78, 5) is 32.8. The first-order chi connectivity index (χ1) is 16.8. The number of carbonyl (C=O) groups is 3. The molecule has 0 aliphatic carbocycles. The van der Waals surface area contributed by atoms with Gasteiger partial charge in [0, 0.05) is 19.3 Å². The first-order valence-electron chi connectivity index (χ1n) is 14.0. The molecule has 0 amide bonds. The molecule has 0 saturated heterocycles. The summed E-state index contributed by atoms with van der Waals surface area (Å²) in [7, 11) is 0. The zero-order valence-corrected chi connectivity index (χ0v) is 22.2. The summed E-state index contributed by atoms with van der Waals surface area (Å²) in [6.07, 6.45) is 20.4. The Morgan fingerprint density at radius 3 is 1.23 bits per heavy atom. The number of carboxylic acid groups (broad SMARTS) is 3. The van der Waals surface area contributed by atoms with Crippen molar-refractivity contribution >= 4 is 17.9 Å². The Morgan fingerprint density at radius 1 is 0.514 bits per heavy atom. The Balaban J connectivity index is 4.77. The average Bonchev–Trinajstić information content (AvgIpc) is 2.80. The standard InChI is InChI=1S/C28H51NO6/c1-2-3-4-5-6-7-8-9-10-11-15-22-29(23-16-12-19-26(30)31,24-17-13-20-27(32)33)25-18-14-21-28(34)35/h8-9H,2-7,10-25H2,1H3,(H2-,30,31,32,33,34,35)/p+1/b9-8+. The monoisotopic (exact) mass is 498 g/mol. The first-order valence-corrected chi connectivity index (χ1v) is 14.0. The zero-order valence-electron chi connectivity index (χ0n) is 22.2. The zero-order chi connectivity index (χ0) is 26.2. The summed E-state index contributed by atoms with van der Waals surface area (Å²) in [6.45, 7) is 5.84. The third-order valence-electron chi connectivity index (χ3n) is 6.71. The molecule has 0 bridgehead atoms. The molecule has 0 heterocycles. The topological polar surface area (TPSA) is 112 Å².